The molecule has 2 aromatic rings. The van der Waals surface area contributed by atoms with Crippen molar-refractivity contribution in [3.63, 3.8) is 0 Å². The van der Waals surface area contributed by atoms with Crippen LogP contribution in [0.2, 0.25) is 5.02 Å². The van der Waals surface area contributed by atoms with E-state index in [9.17, 15) is 13.6 Å². The van der Waals surface area contributed by atoms with Gasteiger partial charge in [-0.3, -0.25) is 4.79 Å². The zero-order chi connectivity index (χ0) is 13.1. The lowest BCUT2D eigenvalue weighted by Crippen LogP contribution is -2.24. The largest absolute Gasteiger partial charge is 0.347 e. The summed E-state index contributed by atoms with van der Waals surface area (Å²) in [6.07, 6.45) is 3.14. The average Bonchev–Trinajstić information content (AvgIpc) is 2.84. The molecule has 18 heavy (non-hydrogen) atoms. The highest BCUT2D eigenvalue weighted by Crippen LogP contribution is 2.19. The number of aromatic nitrogens is 2. The van der Waals surface area contributed by atoms with E-state index in [0.29, 0.717) is 5.82 Å². The van der Waals surface area contributed by atoms with E-state index in [2.05, 4.69) is 15.3 Å². The quantitative estimate of drug-likeness (QED) is 0.842. The normalized spacial score (nSPS) is 10.4. The van der Waals surface area contributed by atoms with E-state index in [4.69, 9.17) is 11.6 Å². The van der Waals surface area contributed by atoms with Crippen molar-refractivity contribution in [2.45, 2.75) is 6.54 Å². The Labute approximate surface area is 106 Å². The molecule has 94 valence electrons. The topological polar surface area (TPSA) is 57.8 Å². The van der Waals surface area contributed by atoms with Gasteiger partial charge in [0.25, 0.3) is 5.91 Å². The first-order chi connectivity index (χ1) is 8.58. The molecule has 4 nitrogen and oxygen atoms in total. The van der Waals surface area contributed by atoms with Crippen molar-refractivity contribution >= 4 is 17.5 Å². The third-order valence-corrected chi connectivity index (χ3v) is 2.54. The van der Waals surface area contributed by atoms with Crippen molar-refractivity contribution in [2.24, 2.45) is 0 Å². The number of halogens is 3. The zero-order valence-electron chi connectivity index (χ0n) is 9.01. The number of nitrogens with one attached hydrogen (secondary N) is 2. The Hall–Kier alpha value is -1.95. The number of hydrogen-bond donors (Lipinski definition) is 2. The molecule has 0 saturated carbocycles. The lowest BCUT2D eigenvalue weighted by Gasteiger charge is -2.06. The van der Waals surface area contributed by atoms with E-state index in [1.165, 1.54) is 6.20 Å². The summed E-state index contributed by atoms with van der Waals surface area (Å²) in [7, 11) is 0. The molecule has 0 aliphatic rings. The fourth-order valence-corrected chi connectivity index (χ4v) is 1.59. The van der Waals surface area contributed by atoms with Crippen LogP contribution in [-0.2, 0) is 6.54 Å². The molecule has 1 heterocycles. The summed E-state index contributed by atoms with van der Waals surface area (Å²) in [6.45, 7) is 0.140. The number of amides is 1. The van der Waals surface area contributed by atoms with E-state index in [-0.39, 0.29) is 17.1 Å². The molecule has 0 fully saturated rings. The lowest BCUT2D eigenvalue weighted by atomic mass is 10.2. The van der Waals surface area contributed by atoms with Gasteiger partial charge in [0, 0.05) is 12.4 Å². The molecule has 0 saturated heterocycles. The molecule has 0 atom stereocenters. The standard InChI is InChI=1S/C11H8ClF2N3O/c12-7-4-9(14)8(13)3-6(7)11(18)17-5-10-15-1-2-16-10/h1-4H,5H2,(H,15,16)(H,17,18). The van der Waals surface area contributed by atoms with Crippen molar-refractivity contribution in [3.8, 4) is 0 Å². The molecule has 0 aliphatic heterocycles. The van der Waals surface area contributed by atoms with E-state index in [0.717, 1.165) is 12.1 Å². The highest BCUT2D eigenvalue weighted by atomic mass is 35.5. The van der Waals surface area contributed by atoms with Crippen LogP contribution in [0, 0.1) is 11.6 Å². The molecule has 7 heteroatoms. The van der Waals surface area contributed by atoms with Crippen LogP contribution in [-0.4, -0.2) is 15.9 Å². The van der Waals surface area contributed by atoms with Gasteiger partial charge in [-0.05, 0) is 12.1 Å². The van der Waals surface area contributed by atoms with E-state index in [1.807, 2.05) is 0 Å². The SMILES string of the molecule is O=C(NCc1ncc[nH]1)c1cc(F)c(F)cc1Cl. The molecule has 0 radical (unpaired) electrons. The van der Waals surface area contributed by atoms with Gasteiger partial charge >= 0.3 is 0 Å². The van der Waals surface area contributed by atoms with Crippen molar-refractivity contribution in [1.29, 1.82) is 0 Å². The minimum atomic E-state index is -1.12. The highest BCUT2D eigenvalue weighted by Gasteiger charge is 2.14. The summed E-state index contributed by atoms with van der Waals surface area (Å²) in [6, 6.07) is 1.52. The first kappa shape index (κ1) is 12.5. The van der Waals surface area contributed by atoms with Gasteiger partial charge in [0.15, 0.2) is 11.6 Å². The number of imidazole rings is 1. The minimum Gasteiger partial charge on any atom is -0.347 e. The van der Waals surface area contributed by atoms with Gasteiger partial charge in [-0.2, -0.15) is 0 Å². The predicted molar refractivity (Wildman–Crippen MR) is 61.1 cm³/mol. The second kappa shape index (κ2) is 5.14. The molecular formula is C11H8ClF2N3O. The third kappa shape index (κ3) is 2.65. The van der Waals surface area contributed by atoms with Gasteiger partial charge in [-0.15, -0.1) is 0 Å². The van der Waals surface area contributed by atoms with Crippen LogP contribution in [0.5, 0.6) is 0 Å². The molecule has 0 bridgehead atoms. The first-order valence-electron chi connectivity index (χ1n) is 4.99. The van der Waals surface area contributed by atoms with E-state index in [1.54, 1.807) is 6.20 Å². The summed E-state index contributed by atoms with van der Waals surface area (Å²) >= 11 is 5.67. The molecule has 0 spiro atoms. The predicted octanol–water partition coefficient (Wildman–Crippen LogP) is 2.27. The summed E-state index contributed by atoms with van der Waals surface area (Å²) < 4.78 is 25.8. The van der Waals surface area contributed by atoms with Crippen molar-refractivity contribution in [3.05, 3.63) is 52.6 Å². The molecule has 1 aromatic carbocycles. The van der Waals surface area contributed by atoms with Crippen LogP contribution in [0.3, 0.4) is 0 Å². The Morgan fingerprint density at radius 3 is 2.78 bits per heavy atom. The highest BCUT2D eigenvalue weighted by molar-refractivity contribution is 6.33. The lowest BCUT2D eigenvalue weighted by molar-refractivity contribution is 0.0949. The number of carbonyl (C=O) groups excluding carboxylic acids is 1. The van der Waals surface area contributed by atoms with Crippen molar-refractivity contribution in [2.75, 3.05) is 0 Å². The average molecular weight is 272 g/mol. The Morgan fingerprint density at radius 2 is 2.11 bits per heavy atom. The number of rotatable bonds is 3. The van der Waals surface area contributed by atoms with Gasteiger partial charge in [0.1, 0.15) is 5.82 Å². The van der Waals surface area contributed by atoms with Crippen LogP contribution in [0.1, 0.15) is 16.2 Å². The molecule has 1 aromatic heterocycles. The van der Waals surface area contributed by atoms with Gasteiger partial charge in [0.05, 0.1) is 17.1 Å². The number of benzene rings is 1. The second-order valence-electron chi connectivity index (χ2n) is 3.46. The number of H-pyrrole nitrogens is 1. The minimum absolute atomic E-state index is 0.123. The smallest absolute Gasteiger partial charge is 0.253 e. The van der Waals surface area contributed by atoms with Crippen LogP contribution in [0.15, 0.2) is 24.5 Å². The van der Waals surface area contributed by atoms with Crippen LogP contribution in [0.4, 0.5) is 8.78 Å². The Morgan fingerprint density at radius 1 is 1.39 bits per heavy atom. The molecule has 1 amide bonds. The van der Waals surface area contributed by atoms with Gasteiger partial charge in [-0.25, -0.2) is 13.8 Å². The molecule has 0 unspecified atom stereocenters. The molecule has 2 rings (SSSR count). The zero-order valence-corrected chi connectivity index (χ0v) is 9.76. The van der Waals surface area contributed by atoms with Crippen LogP contribution >= 0.6 is 11.6 Å². The summed E-state index contributed by atoms with van der Waals surface area (Å²) in [4.78, 5) is 18.4. The summed E-state index contributed by atoms with van der Waals surface area (Å²) in [5.41, 5.74) is -0.123. The van der Waals surface area contributed by atoms with Crippen LogP contribution < -0.4 is 5.32 Å². The van der Waals surface area contributed by atoms with Gasteiger partial charge < -0.3 is 10.3 Å². The van der Waals surface area contributed by atoms with Crippen LogP contribution in [0.25, 0.3) is 0 Å². The fraction of sp³-hybridized carbons (Fsp3) is 0.0909. The first-order valence-corrected chi connectivity index (χ1v) is 5.36. The van der Waals surface area contributed by atoms with E-state index >= 15 is 0 Å². The molecule has 0 aliphatic carbocycles. The molecule has 2 N–H and O–H groups in total. The molecular weight excluding hydrogens is 264 g/mol. The fourth-order valence-electron chi connectivity index (χ4n) is 1.35. The van der Waals surface area contributed by atoms with Crippen molar-refractivity contribution < 1.29 is 13.6 Å². The van der Waals surface area contributed by atoms with Gasteiger partial charge in [0.2, 0.25) is 0 Å². The summed E-state index contributed by atoms with van der Waals surface area (Å²) in [5, 5.41) is 2.34. The summed E-state index contributed by atoms with van der Waals surface area (Å²) in [5.74, 6) is -2.28. The number of aromatic amines is 1. The number of hydrogen-bond acceptors (Lipinski definition) is 2. The van der Waals surface area contributed by atoms with Gasteiger partial charge in [-0.1, -0.05) is 11.6 Å². The van der Waals surface area contributed by atoms with E-state index < -0.39 is 17.5 Å². The Balaban J connectivity index is 2.11. The number of nitrogens with zero attached hydrogens (tertiary/aromatic N) is 1. The Bertz CT molecular complexity index is 572. The maximum Gasteiger partial charge on any atom is 0.253 e. The second-order valence-corrected chi connectivity index (χ2v) is 3.87. The maximum atomic E-state index is 13.0. The maximum absolute atomic E-state index is 13.0. The Kier molecular flexibility index (Phi) is 3.57. The third-order valence-electron chi connectivity index (χ3n) is 2.23. The number of carbonyl (C=O) groups is 1. The van der Waals surface area contributed by atoms with Crippen molar-refractivity contribution in [1.82, 2.24) is 15.3 Å². The monoisotopic (exact) mass is 271 g/mol.